The number of rotatable bonds is 6. The van der Waals surface area contributed by atoms with Gasteiger partial charge >= 0.3 is 5.97 Å². The van der Waals surface area contributed by atoms with Crippen LogP contribution in [0.3, 0.4) is 0 Å². The van der Waals surface area contributed by atoms with Crippen molar-refractivity contribution in [2.45, 2.75) is 34.1 Å². The molecule has 0 spiro atoms. The molecule has 3 aromatic carbocycles. The van der Waals surface area contributed by atoms with Crippen LogP contribution in [-0.4, -0.2) is 31.2 Å². The number of aliphatic carboxylic acids is 1. The van der Waals surface area contributed by atoms with Gasteiger partial charge in [0.05, 0.1) is 16.4 Å². The molecule has 0 saturated heterocycles. The highest BCUT2D eigenvalue weighted by atomic mass is 35.5. The summed E-state index contributed by atoms with van der Waals surface area (Å²) in [5, 5.41) is 18.5. The first-order valence-corrected chi connectivity index (χ1v) is 11.9. The van der Waals surface area contributed by atoms with E-state index in [-0.39, 0.29) is 0 Å². The summed E-state index contributed by atoms with van der Waals surface area (Å²) in [5.74, 6) is 0.783. The molecule has 7 nitrogen and oxygen atoms in total. The first-order chi connectivity index (χ1) is 17.1. The maximum atomic E-state index is 11.6. The van der Waals surface area contributed by atoms with E-state index in [4.69, 9.17) is 21.0 Å². The fourth-order valence-corrected chi connectivity index (χ4v) is 4.55. The standard InChI is InChI=1S/C28H25ClN4O3/c1-15-11-17(14-28(3,4)27(34)35)12-16(2)23(15)24-30-21-10-7-19(13-22(21)31-24)26-33-32-25(36-26)18-5-8-20(29)9-6-18/h5-13H,14H2,1-4H3,(H,30,31)(H,34,35). The van der Waals surface area contributed by atoms with Gasteiger partial charge in [0.2, 0.25) is 11.8 Å². The topological polar surface area (TPSA) is 105 Å². The highest BCUT2D eigenvalue weighted by Crippen LogP contribution is 2.32. The maximum Gasteiger partial charge on any atom is 0.309 e. The van der Waals surface area contributed by atoms with Gasteiger partial charge in [-0.1, -0.05) is 23.7 Å². The van der Waals surface area contributed by atoms with Crippen LogP contribution in [0.2, 0.25) is 5.02 Å². The van der Waals surface area contributed by atoms with Crippen LogP contribution < -0.4 is 0 Å². The molecule has 0 amide bonds. The van der Waals surface area contributed by atoms with Crippen molar-refractivity contribution >= 4 is 28.6 Å². The van der Waals surface area contributed by atoms with Crippen molar-refractivity contribution in [1.82, 2.24) is 20.2 Å². The van der Waals surface area contributed by atoms with Crippen molar-refractivity contribution in [1.29, 1.82) is 0 Å². The zero-order valence-electron chi connectivity index (χ0n) is 20.4. The van der Waals surface area contributed by atoms with Gasteiger partial charge in [-0.2, -0.15) is 0 Å². The number of H-pyrrole nitrogens is 1. The molecule has 2 heterocycles. The summed E-state index contributed by atoms with van der Waals surface area (Å²) in [4.78, 5) is 19.8. The molecule has 0 fully saturated rings. The number of halogens is 1. The second-order valence-corrected chi connectivity index (χ2v) is 10.1. The van der Waals surface area contributed by atoms with Gasteiger partial charge in [0.25, 0.3) is 0 Å². The molecular formula is C28H25ClN4O3. The monoisotopic (exact) mass is 500 g/mol. The molecule has 2 N–H and O–H groups in total. The highest BCUT2D eigenvalue weighted by Gasteiger charge is 2.28. The Morgan fingerprint density at radius 3 is 2.22 bits per heavy atom. The fraction of sp³-hybridized carbons (Fsp3) is 0.214. The number of aromatic nitrogens is 4. The zero-order valence-corrected chi connectivity index (χ0v) is 21.1. The van der Waals surface area contributed by atoms with E-state index in [0.29, 0.717) is 23.2 Å². The molecule has 0 unspecified atom stereocenters. The number of carboxylic acid groups (broad SMARTS) is 1. The molecule has 0 bridgehead atoms. The van der Waals surface area contributed by atoms with Gasteiger partial charge in [0.15, 0.2) is 0 Å². The van der Waals surface area contributed by atoms with Crippen LogP contribution in [0.1, 0.15) is 30.5 Å². The summed E-state index contributed by atoms with van der Waals surface area (Å²) in [6, 6.07) is 17.1. The summed E-state index contributed by atoms with van der Waals surface area (Å²) in [7, 11) is 0. The van der Waals surface area contributed by atoms with Crippen molar-refractivity contribution in [3.63, 3.8) is 0 Å². The Kier molecular flexibility index (Phi) is 5.88. The van der Waals surface area contributed by atoms with E-state index in [2.05, 4.69) is 15.2 Å². The van der Waals surface area contributed by atoms with Crippen LogP contribution in [0.4, 0.5) is 0 Å². The summed E-state index contributed by atoms with van der Waals surface area (Å²) in [6.07, 6.45) is 0.454. The minimum Gasteiger partial charge on any atom is -0.481 e. The molecule has 0 aliphatic heterocycles. The molecule has 0 aliphatic carbocycles. The van der Waals surface area contributed by atoms with E-state index in [1.54, 1.807) is 26.0 Å². The number of nitrogens with zero attached hydrogens (tertiary/aromatic N) is 3. The molecule has 182 valence electrons. The highest BCUT2D eigenvalue weighted by molar-refractivity contribution is 6.30. The van der Waals surface area contributed by atoms with Crippen molar-refractivity contribution in [2.24, 2.45) is 5.41 Å². The number of imidazole rings is 1. The van der Waals surface area contributed by atoms with Crippen LogP contribution in [0, 0.1) is 19.3 Å². The summed E-state index contributed by atoms with van der Waals surface area (Å²) >= 11 is 5.97. The molecule has 5 rings (SSSR count). The van der Waals surface area contributed by atoms with Crippen LogP contribution in [0.5, 0.6) is 0 Å². The van der Waals surface area contributed by atoms with Gasteiger partial charge in [0, 0.05) is 21.7 Å². The van der Waals surface area contributed by atoms with E-state index in [0.717, 1.165) is 50.2 Å². The largest absolute Gasteiger partial charge is 0.481 e. The third-order valence-electron chi connectivity index (χ3n) is 6.30. The number of benzene rings is 3. The molecule has 8 heteroatoms. The van der Waals surface area contributed by atoms with Gasteiger partial charge in [-0.05, 0) is 93.3 Å². The molecule has 2 aromatic heterocycles. The van der Waals surface area contributed by atoms with Crippen molar-refractivity contribution in [3.8, 4) is 34.3 Å². The van der Waals surface area contributed by atoms with Crippen molar-refractivity contribution in [2.75, 3.05) is 0 Å². The quantitative estimate of drug-likeness (QED) is 0.263. The lowest BCUT2D eigenvalue weighted by molar-refractivity contribution is -0.146. The molecule has 0 saturated carbocycles. The number of nitrogens with one attached hydrogen (secondary N) is 1. The fourth-order valence-electron chi connectivity index (χ4n) is 4.42. The third-order valence-corrected chi connectivity index (χ3v) is 6.55. The Labute approximate surface area is 213 Å². The first-order valence-electron chi connectivity index (χ1n) is 11.5. The average Bonchev–Trinajstić information content (AvgIpc) is 3.45. The first kappa shape index (κ1) is 23.8. The van der Waals surface area contributed by atoms with Gasteiger partial charge in [-0.3, -0.25) is 4.79 Å². The Bertz CT molecular complexity index is 1580. The third kappa shape index (κ3) is 4.50. The summed E-state index contributed by atoms with van der Waals surface area (Å²) < 4.78 is 5.90. The van der Waals surface area contributed by atoms with E-state index in [9.17, 15) is 9.90 Å². The van der Waals surface area contributed by atoms with Gasteiger partial charge < -0.3 is 14.5 Å². The lowest BCUT2D eigenvalue weighted by Crippen LogP contribution is -2.26. The average molecular weight is 501 g/mol. The Balaban J connectivity index is 1.46. The lowest BCUT2D eigenvalue weighted by atomic mass is 9.84. The zero-order chi connectivity index (χ0) is 25.6. The summed E-state index contributed by atoms with van der Waals surface area (Å²) in [5.41, 5.74) is 6.49. The number of aromatic amines is 1. The smallest absolute Gasteiger partial charge is 0.309 e. The minimum absolute atomic E-state index is 0.413. The van der Waals surface area contributed by atoms with E-state index in [1.165, 1.54) is 0 Å². The SMILES string of the molecule is Cc1cc(CC(C)(C)C(=O)O)cc(C)c1-c1nc2ccc(-c3nnc(-c4ccc(Cl)cc4)o3)cc2[nH]1. The van der Waals surface area contributed by atoms with Gasteiger partial charge in [-0.15, -0.1) is 10.2 Å². The molecular weight excluding hydrogens is 476 g/mol. The van der Waals surface area contributed by atoms with Gasteiger partial charge in [0.1, 0.15) is 5.82 Å². The number of aryl methyl sites for hydroxylation is 2. The van der Waals surface area contributed by atoms with E-state index >= 15 is 0 Å². The predicted molar refractivity (Wildman–Crippen MR) is 140 cm³/mol. The minimum atomic E-state index is -0.835. The predicted octanol–water partition coefficient (Wildman–Crippen LogP) is 6.87. The van der Waals surface area contributed by atoms with E-state index < -0.39 is 11.4 Å². The number of fused-ring (bicyclic) bond motifs is 1. The second-order valence-electron chi connectivity index (χ2n) is 9.71. The van der Waals surface area contributed by atoms with Crippen LogP contribution in [0.25, 0.3) is 45.3 Å². The normalized spacial score (nSPS) is 11.8. The Morgan fingerprint density at radius 2 is 1.58 bits per heavy atom. The number of carboxylic acids is 1. The number of hydrogen-bond acceptors (Lipinski definition) is 5. The lowest BCUT2D eigenvalue weighted by Gasteiger charge is -2.20. The second kappa shape index (κ2) is 8.91. The van der Waals surface area contributed by atoms with Crippen molar-refractivity contribution in [3.05, 3.63) is 76.3 Å². The van der Waals surface area contributed by atoms with Crippen molar-refractivity contribution < 1.29 is 14.3 Å². The number of hydrogen-bond donors (Lipinski definition) is 2. The molecule has 0 radical (unpaired) electrons. The molecule has 36 heavy (non-hydrogen) atoms. The van der Waals surface area contributed by atoms with Crippen LogP contribution in [0.15, 0.2) is 59.0 Å². The van der Waals surface area contributed by atoms with E-state index in [1.807, 2.05) is 56.3 Å². The maximum absolute atomic E-state index is 11.6. The van der Waals surface area contributed by atoms with Gasteiger partial charge in [-0.25, -0.2) is 4.98 Å². The Morgan fingerprint density at radius 1 is 0.972 bits per heavy atom. The molecule has 0 atom stereocenters. The number of carbonyl (C=O) groups is 1. The molecule has 5 aromatic rings. The van der Waals surface area contributed by atoms with Crippen LogP contribution >= 0.6 is 11.6 Å². The molecule has 0 aliphatic rings. The van der Waals surface area contributed by atoms with Crippen LogP contribution in [-0.2, 0) is 11.2 Å². The Hall–Kier alpha value is -3.97. The summed E-state index contributed by atoms with van der Waals surface area (Å²) in [6.45, 7) is 7.53.